The van der Waals surface area contributed by atoms with Gasteiger partial charge in [0.15, 0.2) is 0 Å². The van der Waals surface area contributed by atoms with Gasteiger partial charge in [0.05, 0.1) is 11.5 Å². The number of nitrogens with two attached hydrogens (primary N) is 1. The summed E-state index contributed by atoms with van der Waals surface area (Å²) in [4.78, 5) is 16.1. The smallest absolute Gasteiger partial charge is 0.227 e. The maximum Gasteiger partial charge on any atom is 0.227 e. The Morgan fingerprint density at radius 2 is 2.35 bits per heavy atom. The number of carbonyl (C=O) groups is 1. The Morgan fingerprint density at radius 1 is 1.65 bits per heavy atom. The first kappa shape index (κ1) is 13.6. The lowest BCUT2D eigenvalue weighted by molar-refractivity contribution is -0.130. The molecule has 4 heteroatoms. The third-order valence-corrected chi connectivity index (χ3v) is 3.31. The van der Waals surface area contributed by atoms with Gasteiger partial charge in [-0.25, -0.2) is 0 Å². The van der Waals surface area contributed by atoms with Crippen LogP contribution >= 0.6 is 0 Å². The lowest BCUT2D eigenvalue weighted by Crippen LogP contribution is -2.44. The summed E-state index contributed by atoms with van der Waals surface area (Å²) in [7, 11) is 0. The van der Waals surface area contributed by atoms with Gasteiger partial charge in [-0.1, -0.05) is 13.0 Å². The summed E-state index contributed by atoms with van der Waals surface area (Å²) in [6.45, 7) is 6.16. The number of hydrogen-bond acceptors (Lipinski definition) is 3. The molecule has 0 saturated heterocycles. The summed E-state index contributed by atoms with van der Waals surface area (Å²) in [6.07, 6.45) is 4.21. The van der Waals surface area contributed by atoms with Crippen molar-refractivity contribution in [3.05, 3.63) is 30.1 Å². The van der Waals surface area contributed by atoms with Gasteiger partial charge < -0.3 is 11.1 Å². The van der Waals surface area contributed by atoms with E-state index in [1.165, 1.54) is 0 Å². The number of nitrogens with one attached hydrogen (secondary N) is 1. The predicted octanol–water partition coefficient (Wildman–Crippen LogP) is 1.63. The first-order valence-corrected chi connectivity index (χ1v) is 5.94. The zero-order valence-corrected chi connectivity index (χ0v) is 10.7. The Bertz CT molecular complexity index is 360. The molecular weight excluding hydrogens is 214 g/mol. The number of aromatic nitrogens is 1. The highest BCUT2D eigenvalue weighted by Crippen LogP contribution is 2.21. The molecule has 17 heavy (non-hydrogen) atoms. The van der Waals surface area contributed by atoms with Crippen molar-refractivity contribution in [2.45, 2.75) is 33.2 Å². The lowest BCUT2D eigenvalue weighted by Gasteiger charge is -2.27. The molecule has 0 aromatic carbocycles. The molecule has 0 aliphatic rings. The van der Waals surface area contributed by atoms with Gasteiger partial charge in [-0.3, -0.25) is 9.78 Å². The maximum atomic E-state index is 12.1. The molecule has 0 aliphatic heterocycles. The first-order valence-electron chi connectivity index (χ1n) is 5.94. The standard InChI is InChI=1S/C13H21N3O/c1-4-13(3,9-14)12(17)16-10(2)11-6-5-7-15-8-11/h5-8,10H,4,9,14H2,1-3H3,(H,16,17)/t10-,13?/m0/s1. The van der Waals surface area contributed by atoms with Crippen molar-refractivity contribution in [2.75, 3.05) is 6.54 Å². The fourth-order valence-corrected chi connectivity index (χ4v) is 1.48. The van der Waals surface area contributed by atoms with Crippen LogP contribution in [-0.2, 0) is 4.79 Å². The first-order chi connectivity index (χ1) is 8.03. The summed E-state index contributed by atoms with van der Waals surface area (Å²) in [5, 5.41) is 2.98. The van der Waals surface area contributed by atoms with E-state index in [0.717, 1.165) is 12.0 Å². The van der Waals surface area contributed by atoms with Crippen LogP contribution in [0.1, 0.15) is 38.8 Å². The average Bonchev–Trinajstić information content (AvgIpc) is 2.38. The average molecular weight is 235 g/mol. The van der Waals surface area contributed by atoms with E-state index >= 15 is 0 Å². The van der Waals surface area contributed by atoms with Gasteiger partial charge >= 0.3 is 0 Å². The van der Waals surface area contributed by atoms with Gasteiger partial charge in [0, 0.05) is 18.9 Å². The van der Waals surface area contributed by atoms with Gasteiger partial charge in [-0.2, -0.15) is 0 Å². The number of hydrogen-bond donors (Lipinski definition) is 2. The fraction of sp³-hybridized carbons (Fsp3) is 0.538. The Labute approximate surface area is 103 Å². The van der Waals surface area contributed by atoms with Crippen molar-refractivity contribution in [1.29, 1.82) is 0 Å². The highest BCUT2D eigenvalue weighted by atomic mass is 16.2. The van der Waals surface area contributed by atoms with Crippen LogP contribution in [-0.4, -0.2) is 17.4 Å². The van der Waals surface area contributed by atoms with Crippen LogP contribution in [0.25, 0.3) is 0 Å². The van der Waals surface area contributed by atoms with E-state index in [9.17, 15) is 4.79 Å². The second-order valence-corrected chi connectivity index (χ2v) is 4.60. The molecule has 3 N–H and O–H groups in total. The van der Waals surface area contributed by atoms with Crippen molar-refractivity contribution in [3.63, 3.8) is 0 Å². The maximum absolute atomic E-state index is 12.1. The van der Waals surface area contributed by atoms with Crippen LogP contribution in [0.4, 0.5) is 0 Å². The Morgan fingerprint density at radius 3 is 2.82 bits per heavy atom. The Kier molecular flexibility index (Phi) is 4.63. The van der Waals surface area contributed by atoms with Crippen molar-refractivity contribution in [3.8, 4) is 0 Å². The topological polar surface area (TPSA) is 68.0 Å². The number of nitrogens with zero attached hydrogens (tertiary/aromatic N) is 1. The van der Waals surface area contributed by atoms with Gasteiger partial charge in [-0.15, -0.1) is 0 Å². The minimum absolute atomic E-state index is 0.00106. The van der Waals surface area contributed by atoms with E-state index in [1.807, 2.05) is 32.9 Å². The van der Waals surface area contributed by atoms with Crippen molar-refractivity contribution < 1.29 is 4.79 Å². The molecule has 0 fully saturated rings. The third kappa shape index (κ3) is 3.27. The van der Waals surface area contributed by atoms with Crippen LogP contribution in [0.5, 0.6) is 0 Å². The molecule has 0 spiro atoms. The number of carbonyl (C=O) groups excluding carboxylic acids is 1. The Balaban J connectivity index is 2.69. The number of amides is 1. The SMILES string of the molecule is CCC(C)(CN)C(=O)N[C@@H](C)c1cccnc1. The zero-order chi connectivity index (χ0) is 12.9. The van der Waals surface area contributed by atoms with Gasteiger partial charge in [0.1, 0.15) is 0 Å². The van der Waals surface area contributed by atoms with Crippen LogP contribution in [0.2, 0.25) is 0 Å². The summed E-state index contributed by atoms with van der Waals surface area (Å²) in [6, 6.07) is 3.76. The molecule has 0 saturated carbocycles. The van der Waals surface area contributed by atoms with Crippen LogP contribution in [0.15, 0.2) is 24.5 Å². The number of pyridine rings is 1. The predicted molar refractivity (Wildman–Crippen MR) is 68.2 cm³/mol. The lowest BCUT2D eigenvalue weighted by atomic mass is 9.86. The Hall–Kier alpha value is -1.42. The second kappa shape index (κ2) is 5.77. The molecule has 4 nitrogen and oxygen atoms in total. The van der Waals surface area contributed by atoms with E-state index in [0.29, 0.717) is 6.54 Å². The van der Waals surface area contributed by atoms with Crippen molar-refractivity contribution in [2.24, 2.45) is 11.1 Å². The zero-order valence-electron chi connectivity index (χ0n) is 10.7. The molecule has 0 aliphatic carbocycles. The van der Waals surface area contributed by atoms with Crippen LogP contribution < -0.4 is 11.1 Å². The minimum atomic E-state index is -0.490. The summed E-state index contributed by atoms with van der Waals surface area (Å²) in [5.74, 6) is -0.00106. The molecule has 1 unspecified atom stereocenters. The van der Waals surface area contributed by atoms with E-state index in [4.69, 9.17) is 5.73 Å². The molecule has 1 amide bonds. The summed E-state index contributed by atoms with van der Waals surface area (Å²) < 4.78 is 0. The number of rotatable bonds is 5. The summed E-state index contributed by atoms with van der Waals surface area (Å²) in [5.41, 5.74) is 6.17. The molecule has 1 heterocycles. The van der Waals surface area contributed by atoms with Crippen LogP contribution in [0.3, 0.4) is 0 Å². The largest absolute Gasteiger partial charge is 0.349 e. The highest BCUT2D eigenvalue weighted by molar-refractivity contribution is 5.82. The highest BCUT2D eigenvalue weighted by Gasteiger charge is 2.30. The fourth-order valence-electron chi connectivity index (χ4n) is 1.48. The molecule has 2 atom stereocenters. The van der Waals surface area contributed by atoms with Crippen molar-refractivity contribution in [1.82, 2.24) is 10.3 Å². The van der Waals surface area contributed by atoms with Crippen molar-refractivity contribution >= 4 is 5.91 Å². The minimum Gasteiger partial charge on any atom is -0.349 e. The van der Waals surface area contributed by atoms with Gasteiger partial charge in [0.25, 0.3) is 0 Å². The molecular formula is C13H21N3O. The monoisotopic (exact) mass is 235 g/mol. The van der Waals surface area contributed by atoms with E-state index in [1.54, 1.807) is 12.4 Å². The summed E-state index contributed by atoms with van der Waals surface area (Å²) >= 11 is 0. The molecule has 0 bridgehead atoms. The van der Waals surface area contributed by atoms with E-state index in [-0.39, 0.29) is 11.9 Å². The normalized spacial score (nSPS) is 16.0. The molecule has 94 valence electrons. The van der Waals surface area contributed by atoms with Crippen LogP contribution in [0, 0.1) is 5.41 Å². The van der Waals surface area contributed by atoms with Gasteiger partial charge in [0.2, 0.25) is 5.91 Å². The quantitative estimate of drug-likeness (QED) is 0.815. The van der Waals surface area contributed by atoms with E-state index < -0.39 is 5.41 Å². The second-order valence-electron chi connectivity index (χ2n) is 4.60. The molecule has 0 radical (unpaired) electrons. The van der Waals surface area contributed by atoms with Gasteiger partial charge in [-0.05, 0) is 31.9 Å². The molecule has 1 aromatic heterocycles. The molecule has 1 rings (SSSR count). The van der Waals surface area contributed by atoms with E-state index in [2.05, 4.69) is 10.3 Å². The molecule has 1 aromatic rings. The third-order valence-electron chi connectivity index (χ3n) is 3.31.